The predicted octanol–water partition coefficient (Wildman–Crippen LogP) is 7.25. The zero-order valence-corrected chi connectivity index (χ0v) is 23.8. The van der Waals surface area contributed by atoms with Crippen LogP contribution in [0.5, 0.6) is 0 Å². The van der Waals surface area contributed by atoms with Crippen LogP contribution in [0.25, 0.3) is 27.5 Å². The minimum atomic E-state index is -0.332. The summed E-state index contributed by atoms with van der Waals surface area (Å²) >= 11 is 0. The average molecular weight is 565 g/mol. The molecular weight excluding hydrogens is 531 g/mol. The van der Waals surface area contributed by atoms with E-state index in [1.54, 1.807) is 4.90 Å². The van der Waals surface area contributed by atoms with E-state index in [0.717, 1.165) is 51.7 Å². The maximum Gasteiger partial charge on any atom is 0.410 e. The van der Waals surface area contributed by atoms with Gasteiger partial charge in [0.05, 0.1) is 30.4 Å². The summed E-state index contributed by atoms with van der Waals surface area (Å²) < 4.78 is 28.3. The number of nitrogens with one attached hydrogen (secondary N) is 1. The maximum atomic E-state index is 14.0. The molecule has 2 atom stereocenters. The summed E-state index contributed by atoms with van der Waals surface area (Å²) in [6.45, 7) is 6.09. The van der Waals surface area contributed by atoms with E-state index in [4.69, 9.17) is 9.47 Å². The van der Waals surface area contributed by atoms with Crippen molar-refractivity contribution in [1.29, 1.82) is 0 Å². The van der Waals surface area contributed by atoms with Gasteiger partial charge in [0.1, 0.15) is 18.2 Å². The molecule has 5 aromatic rings. The number of amides is 1. The van der Waals surface area contributed by atoms with Gasteiger partial charge in [-0.3, -0.25) is 5.10 Å². The minimum absolute atomic E-state index is 0.0755. The number of aromatic amines is 1. The Labute approximate surface area is 243 Å². The van der Waals surface area contributed by atoms with E-state index >= 15 is 0 Å². The smallest absolute Gasteiger partial charge is 0.410 e. The van der Waals surface area contributed by atoms with Crippen molar-refractivity contribution in [1.82, 2.24) is 19.7 Å². The molecule has 2 aliphatic heterocycles. The number of rotatable bonds is 5. The van der Waals surface area contributed by atoms with Gasteiger partial charge in [-0.15, -0.1) is 0 Å². The third-order valence-electron chi connectivity index (χ3n) is 8.64. The van der Waals surface area contributed by atoms with Crippen LogP contribution < -0.4 is 0 Å². The number of hydrogen-bond donors (Lipinski definition) is 1. The lowest BCUT2D eigenvalue weighted by atomic mass is 9.79. The summed E-state index contributed by atoms with van der Waals surface area (Å²) in [7, 11) is 0. The van der Waals surface area contributed by atoms with Crippen molar-refractivity contribution in [3.8, 4) is 5.69 Å². The van der Waals surface area contributed by atoms with E-state index < -0.39 is 0 Å². The number of carbonyl (C=O) groups is 1. The number of hydrogen-bond acceptors (Lipinski definition) is 4. The molecule has 4 heterocycles. The van der Waals surface area contributed by atoms with Crippen LogP contribution in [0.15, 0.2) is 84.3 Å². The Morgan fingerprint density at radius 1 is 1.14 bits per heavy atom. The Hall–Kier alpha value is -4.59. The van der Waals surface area contributed by atoms with Crippen LogP contribution in [-0.4, -0.2) is 45.5 Å². The lowest BCUT2D eigenvalue weighted by molar-refractivity contribution is 0.0707. The van der Waals surface area contributed by atoms with Crippen molar-refractivity contribution in [2.24, 2.45) is 5.92 Å². The van der Waals surface area contributed by atoms with Gasteiger partial charge in [0.25, 0.3) is 0 Å². The van der Waals surface area contributed by atoms with Crippen molar-refractivity contribution in [2.45, 2.75) is 39.2 Å². The highest BCUT2D eigenvalue weighted by Gasteiger charge is 2.39. The molecule has 0 aliphatic carbocycles. The third kappa shape index (κ3) is 4.51. The normalized spacial score (nSPS) is 18.8. The molecule has 1 amide bonds. The van der Waals surface area contributed by atoms with Gasteiger partial charge in [-0.1, -0.05) is 44.2 Å². The van der Waals surface area contributed by atoms with Gasteiger partial charge < -0.3 is 18.9 Å². The summed E-state index contributed by atoms with van der Waals surface area (Å²) in [4.78, 5) is 14.9. The Bertz CT molecular complexity index is 1810. The van der Waals surface area contributed by atoms with Crippen LogP contribution in [-0.2, 0) is 22.5 Å². The molecule has 0 fully saturated rings. The van der Waals surface area contributed by atoms with Gasteiger partial charge in [-0.25, -0.2) is 9.18 Å². The highest BCUT2D eigenvalue weighted by atomic mass is 19.1. The standard InChI is InChI=1S/C34H33FN4O3/c1-3-26-28-16-29-23(17-36-37-29)15-30(28)39(25-11-9-24(35)10-12-25)33(26)27-13-14-41-31-19-38(18-21(2)32(27)31)34(40)42-20-22-7-5-4-6-8-22/h4-12,15-17,21,27H,3,13-14,18-20H2,1-2H3,(H,36,37). The fourth-order valence-electron chi connectivity index (χ4n) is 6.80. The molecule has 8 heteroatoms. The zero-order chi connectivity index (χ0) is 28.8. The van der Waals surface area contributed by atoms with Crippen molar-refractivity contribution < 1.29 is 18.7 Å². The molecule has 0 spiro atoms. The van der Waals surface area contributed by atoms with E-state index in [-0.39, 0.29) is 30.4 Å². The highest BCUT2D eigenvalue weighted by Crippen LogP contribution is 2.46. The fraction of sp³-hybridized carbons (Fsp3) is 0.294. The molecule has 3 aromatic carbocycles. The first-order valence-corrected chi connectivity index (χ1v) is 14.6. The molecule has 0 bridgehead atoms. The predicted molar refractivity (Wildman–Crippen MR) is 160 cm³/mol. The fourth-order valence-corrected chi connectivity index (χ4v) is 6.80. The number of nitrogens with zero attached hydrogens (tertiary/aromatic N) is 3. The highest BCUT2D eigenvalue weighted by molar-refractivity contribution is 5.98. The summed E-state index contributed by atoms with van der Waals surface area (Å²) in [5.74, 6) is 0.762. The molecule has 0 saturated heterocycles. The number of halogens is 1. The van der Waals surface area contributed by atoms with Crippen LogP contribution in [0.1, 0.15) is 43.0 Å². The Balaban J connectivity index is 1.30. The molecule has 2 aromatic heterocycles. The molecule has 1 N–H and O–H groups in total. The second-order valence-corrected chi connectivity index (χ2v) is 11.2. The lowest BCUT2D eigenvalue weighted by Gasteiger charge is -2.40. The zero-order valence-electron chi connectivity index (χ0n) is 23.8. The monoisotopic (exact) mass is 564 g/mol. The van der Waals surface area contributed by atoms with Crippen molar-refractivity contribution in [3.63, 3.8) is 0 Å². The lowest BCUT2D eigenvalue weighted by Crippen LogP contribution is -2.43. The molecule has 0 saturated carbocycles. The van der Waals surface area contributed by atoms with Crippen molar-refractivity contribution in [2.75, 3.05) is 19.7 Å². The first-order chi connectivity index (χ1) is 20.5. The number of H-pyrrole nitrogens is 1. The molecule has 0 radical (unpaired) electrons. The largest absolute Gasteiger partial charge is 0.496 e. The van der Waals surface area contributed by atoms with Crippen LogP contribution in [0.4, 0.5) is 9.18 Å². The van der Waals surface area contributed by atoms with Gasteiger partial charge in [0.15, 0.2) is 0 Å². The third-order valence-corrected chi connectivity index (χ3v) is 8.64. The van der Waals surface area contributed by atoms with E-state index in [1.807, 2.05) is 48.7 Å². The van der Waals surface area contributed by atoms with Crippen molar-refractivity contribution in [3.05, 3.63) is 107 Å². The Morgan fingerprint density at radius 3 is 2.74 bits per heavy atom. The summed E-state index contributed by atoms with van der Waals surface area (Å²) in [5.41, 5.74) is 7.65. The van der Waals surface area contributed by atoms with Crippen LogP contribution >= 0.6 is 0 Å². The first-order valence-electron chi connectivity index (χ1n) is 14.6. The Kier molecular flexibility index (Phi) is 6.69. The summed E-state index contributed by atoms with van der Waals surface area (Å²) in [6, 6.07) is 20.8. The number of carbonyl (C=O) groups excluding carboxylic acids is 1. The number of fused-ring (bicyclic) bond motifs is 2. The molecule has 7 rings (SSSR count). The molecule has 2 unspecified atom stereocenters. The Morgan fingerprint density at radius 2 is 1.95 bits per heavy atom. The summed E-state index contributed by atoms with van der Waals surface area (Å²) in [6.07, 6.45) is 3.17. The molecule has 7 nitrogen and oxygen atoms in total. The van der Waals surface area contributed by atoms with Gasteiger partial charge in [0.2, 0.25) is 0 Å². The van der Waals surface area contributed by atoms with E-state index in [1.165, 1.54) is 29.0 Å². The number of aromatic nitrogens is 3. The first kappa shape index (κ1) is 26.3. The molecule has 214 valence electrons. The molecule has 2 aliphatic rings. The van der Waals surface area contributed by atoms with Crippen LogP contribution in [0.2, 0.25) is 0 Å². The number of aryl methyl sites for hydroxylation is 1. The van der Waals surface area contributed by atoms with Crippen LogP contribution in [0.3, 0.4) is 0 Å². The SMILES string of the molecule is CCc1c(C2CCOC3=C2C(C)CN(C(=O)OCc2ccccc2)C3)n(-c2ccc(F)cc2)c2cc3cn[nH]c3cc12. The molecule has 42 heavy (non-hydrogen) atoms. The van der Waals surface area contributed by atoms with E-state index in [0.29, 0.717) is 19.7 Å². The van der Waals surface area contributed by atoms with Gasteiger partial charge in [-0.05, 0) is 71.9 Å². The summed E-state index contributed by atoms with van der Waals surface area (Å²) in [5, 5.41) is 9.56. The maximum absolute atomic E-state index is 14.0. The van der Waals surface area contributed by atoms with Crippen molar-refractivity contribution >= 4 is 27.9 Å². The second-order valence-electron chi connectivity index (χ2n) is 11.2. The van der Waals surface area contributed by atoms with E-state index in [2.05, 4.69) is 40.7 Å². The van der Waals surface area contributed by atoms with E-state index in [9.17, 15) is 9.18 Å². The minimum Gasteiger partial charge on any atom is -0.496 e. The average Bonchev–Trinajstić information content (AvgIpc) is 3.60. The van der Waals surface area contributed by atoms with Crippen LogP contribution in [0, 0.1) is 11.7 Å². The second kappa shape index (κ2) is 10.7. The molecular formula is C34H33FN4O3. The van der Waals surface area contributed by atoms with Gasteiger partial charge >= 0.3 is 6.09 Å². The quantitative estimate of drug-likeness (QED) is 0.244. The van der Waals surface area contributed by atoms with Gasteiger partial charge in [-0.2, -0.15) is 5.10 Å². The topological polar surface area (TPSA) is 72.4 Å². The number of ether oxygens (including phenoxy) is 2. The number of benzene rings is 3. The van der Waals surface area contributed by atoms with Gasteiger partial charge in [0, 0.05) is 34.6 Å².